The molecule has 0 saturated carbocycles. The summed E-state index contributed by atoms with van der Waals surface area (Å²) in [5.41, 5.74) is 14.3. The molecule has 1 fully saturated rings. The zero-order valence-corrected chi connectivity index (χ0v) is 23.7. The highest BCUT2D eigenvalue weighted by atomic mass is 16.5. The summed E-state index contributed by atoms with van der Waals surface area (Å²) in [4.78, 5) is 24.9. The first-order valence-electron chi connectivity index (χ1n) is 13.7. The number of carbonyl (C=O) groups is 1. The van der Waals surface area contributed by atoms with Crippen molar-refractivity contribution in [1.29, 1.82) is 0 Å². The monoisotopic (exact) mass is 510 g/mol. The highest BCUT2D eigenvalue weighted by Crippen LogP contribution is 2.47. The number of aromatic amines is 3. The quantitative estimate of drug-likeness (QED) is 0.413. The first-order chi connectivity index (χ1) is 18.2. The van der Waals surface area contributed by atoms with Crippen molar-refractivity contribution in [1.82, 2.24) is 20.3 Å². The number of hydrogen-bond acceptors (Lipinski definition) is 3. The second-order valence-corrected chi connectivity index (χ2v) is 11.3. The molecule has 198 valence electrons. The second kappa shape index (κ2) is 8.77. The number of hydrogen-bond donors (Lipinski definition) is 4. The summed E-state index contributed by atoms with van der Waals surface area (Å²) in [5.74, 6) is 0.426. The maximum absolute atomic E-state index is 13.9. The summed E-state index contributed by atoms with van der Waals surface area (Å²) in [6, 6.07) is 0. The van der Waals surface area contributed by atoms with Gasteiger partial charge in [-0.3, -0.25) is 4.79 Å². The highest BCUT2D eigenvalue weighted by molar-refractivity contribution is 6.15. The molecule has 0 spiro atoms. The van der Waals surface area contributed by atoms with E-state index in [9.17, 15) is 4.79 Å². The first-order valence-corrected chi connectivity index (χ1v) is 13.7. The van der Waals surface area contributed by atoms with Gasteiger partial charge in [-0.05, 0) is 87.1 Å². The van der Waals surface area contributed by atoms with Crippen molar-refractivity contribution in [3.8, 4) is 0 Å². The first kappa shape index (κ1) is 24.8. The zero-order valence-electron chi connectivity index (χ0n) is 23.7. The van der Waals surface area contributed by atoms with Crippen LogP contribution in [0.25, 0.3) is 23.8 Å². The SMILES string of the molecule is CC[C@@H]1/C2=C3/c4[nH]c(c(C)c4C(=O)[C@@H]3COC)/C=c3\[nH]/c(c(C)c3C)=C\c3[nH]c(c(C)c3C)/C=C(\N2)[C@H]1C. The topological polar surface area (TPSA) is 85.7 Å². The molecule has 3 aliphatic rings. The van der Waals surface area contributed by atoms with Gasteiger partial charge in [-0.1, -0.05) is 13.8 Å². The number of fused-ring (bicyclic) bond motifs is 7. The van der Waals surface area contributed by atoms with Gasteiger partial charge in [-0.15, -0.1) is 0 Å². The van der Waals surface area contributed by atoms with Gasteiger partial charge < -0.3 is 25.0 Å². The van der Waals surface area contributed by atoms with E-state index in [0.717, 1.165) is 62.3 Å². The molecule has 1 aliphatic carbocycles. The van der Waals surface area contributed by atoms with Crippen LogP contribution in [0, 0.1) is 52.4 Å². The molecule has 2 aliphatic heterocycles. The summed E-state index contributed by atoms with van der Waals surface area (Å²) in [5, 5.41) is 5.97. The predicted octanol–water partition coefficient (Wildman–Crippen LogP) is 4.66. The van der Waals surface area contributed by atoms with Crippen LogP contribution in [0.2, 0.25) is 0 Å². The van der Waals surface area contributed by atoms with E-state index in [0.29, 0.717) is 18.4 Å². The number of aromatic nitrogens is 3. The van der Waals surface area contributed by atoms with Gasteiger partial charge in [0.2, 0.25) is 0 Å². The van der Waals surface area contributed by atoms with E-state index in [1.165, 1.54) is 28.0 Å². The molecule has 6 nitrogen and oxygen atoms in total. The molecule has 4 N–H and O–H groups in total. The minimum Gasteiger partial charge on any atom is -0.384 e. The van der Waals surface area contributed by atoms with Crippen LogP contribution in [0.1, 0.15) is 81.2 Å². The van der Waals surface area contributed by atoms with Crippen LogP contribution in [0.5, 0.6) is 0 Å². The summed E-state index contributed by atoms with van der Waals surface area (Å²) in [6.07, 6.45) is 7.63. The summed E-state index contributed by atoms with van der Waals surface area (Å²) in [7, 11) is 1.68. The average molecular weight is 511 g/mol. The third-order valence-corrected chi connectivity index (χ3v) is 9.43. The Morgan fingerprint density at radius 2 is 1.42 bits per heavy atom. The van der Waals surface area contributed by atoms with Crippen LogP contribution < -0.4 is 16.0 Å². The molecule has 0 aromatic carbocycles. The van der Waals surface area contributed by atoms with Crippen molar-refractivity contribution >= 4 is 29.6 Å². The van der Waals surface area contributed by atoms with Crippen molar-refractivity contribution in [2.24, 2.45) is 17.8 Å². The fourth-order valence-electron chi connectivity index (χ4n) is 6.71. The van der Waals surface area contributed by atoms with Gasteiger partial charge >= 0.3 is 0 Å². The Hall–Kier alpha value is -3.51. The summed E-state index contributed by atoms with van der Waals surface area (Å²) >= 11 is 0. The normalized spacial score (nSPS) is 27.0. The second-order valence-electron chi connectivity index (χ2n) is 11.3. The number of allylic oxidation sites excluding steroid dienone is 2. The predicted molar refractivity (Wildman–Crippen MR) is 153 cm³/mol. The molecule has 8 bridgehead atoms. The average Bonchev–Trinajstić information content (AvgIpc) is 3.60. The van der Waals surface area contributed by atoms with Crippen LogP contribution in [-0.4, -0.2) is 34.5 Å². The number of carbonyl (C=O) groups excluding carboxylic acids is 1. The number of ketones is 1. The molecule has 3 aromatic heterocycles. The Morgan fingerprint density at radius 1 is 0.816 bits per heavy atom. The lowest BCUT2D eigenvalue weighted by Crippen LogP contribution is -2.20. The minimum atomic E-state index is -0.312. The van der Waals surface area contributed by atoms with Gasteiger partial charge in [0.1, 0.15) is 0 Å². The van der Waals surface area contributed by atoms with Gasteiger partial charge in [0, 0.05) is 69.3 Å². The number of methoxy groups -OCH3 is 1. The Labute approximate surface area is 224 Å². The van der Waals surface area contributed by atoms with Crippen LogP contribution >= 0.6 is 0 Å². The smallest absolute Gasteiger partial charge is 0.175 e. The fraction of sp³-hybridized carbons (Fsp3) is 0.406. The van der Waals surface area contributed by atoms with Crippen molar-refractivity contribution < 1.29 is 9.53 Å². The molecule has 0 unspecified atom stereocenters. The van der Waals surface area contributed by atoms with E-state index >= 15 is 0 Å². The molecular formula is C32H38N4O2. The lowest BCUT2D eigenvalue weighted by atomic mass is 9.86. The maximum atomic E-state index is 13.9. The number of rotatable bonds is 3. The molecule has 0 amide bonds. The van der Waals surface area contributed by atoms with Crippen molar-refractivity contribution in [2.75, 3.05) is 13.7 Å². The van der Waals surface area contributed by atoms with E-state index in [-0.39, 0.29) is 11.7 Å². The summed E-state index contributed by atoms with van der Waals surface area (Å²) in [6.45, 7) is 15.6. The highest BCUT2D eigenvalue weighted by Gasteiger charge is 2.44. The Morgan fingerprint density at radius 3 is 2.03 bits per heavy atom. The van der Waals surface area contributed by atoms with Crippen molar-refractivity contribution in [3.05, 3.63) is 78.2 Å². The third kappa shape index (κ3) is 3.39. The summed E-state index contributed by atoms with van der Waals surface area (Å²) < 4.78 is 5.59. The number of H-pyrrole nitrogens is 3. The van der Waals surface area contributed by atoms with Gasteiger partial charge in [-0.25, -0.2) is 0 Å². The Balaban J connectivity index is 1.73. The number of nitrogens with one attached hydrogen (secondary N) is 4. The molecule has 5 heterocycles. The van der Waals surface area contributed by atoms with E-state index in [4.69, 9.17) is 4.74 Å². The minimum absolute atomic E-state index is 0.148. The fourth-order valence-corrected chi connectivity index (χ4v) is 6.71. The van der Waals surface area contributed by atoms with Crippen molar-refractivity contribution in [3.63, 3.8) is 0 Å². The standard InChI is InChI=1S/C32H38N4O2/c1-9-20-18(6)26-11-24-16(4)14(2)22(33-24)10-23-15(3)17(5)25(34-23)12-27-19(7)28-31(36-27)29(30(20)35-26)21(13-38-8)32(28)37/h10-12,18,20-21,33-36H,9,13H2,1-8H3/b23-10-,25-12-,26-11-,30-29-/t18-,20-,21+/m0/s1. The van der Waals surface area contributed by atoms with Gasteiger partial charge in [-0.2, -0.15) is 0 Å². The largest absolute Gasteiger partial charge is 0.384 e. The Bertz CT molecular complexity index is 1690. The molecule has 6 heteroatoms. The molecule has 6 rings (SSSR count). The zero-order chi connectivity index (χ0) is 27.0. The van der Waals surface area contributed by atoms with Gasteiger partial charge in [0.25, 0.3) is 0 Å². The number of ether oxygens (including phenoxy) is 1. The number of Topliss-reactive ketones (excluding diaryl/α,β-unsaturated/α-hetero) is 1. The van der Waals surface area contributed by atoms with Gasteiger partial charge in [0.15, 0.2) is 5.78 Å². The molecule has 3 atom stereocenters. The lowest BCUT2D eigenvalue weighted by molar-refractivity contribution is 0.0880. The van der Waals surface area contributed by atoms with Crippen LogP contribution in [0.4, 0.5) is 0 Å². The molecular weight excluding hydrogens is 472 g/mol. The lowest BCUT2D eigenvalue weighted by Gasteiger charge is -2.19. The van der Waals surface area contributed by atoms with E-state index in [2.05, 4.69) is 87.0 Å². The molecule has 3 aromatic rings. The van der Waals surface area contributed by atoms with E-state index in [1.807, 2.05) is 0 Å². The molecule has 38 heavy (non-hydrogen) atoms. The maximum Gasteiger partial charge on any atom is 0.175 e. The Kier molecular flexibility index (Phi) is 5.72. The van der Waals surface area contributed by atoms with Crippen LogP contribution in [0.3, 0.4) is 0 Å². The van der Waals surface area contributed by atoms with E-state index in [1.54, 1.807) is 7.11 Å². The van der Waals surface area contributed by atoms with Crippen molar-refractivity contribution in [2.45, 2.75) is 54.9 Å². The van der Waals surface area contributed by atoms with Crippen LogP contribution in [0.15, 0.2) is 11.4 Å². The third-order valence-electron chi connectivity index (χ3n) is 9.43. The molecule has 0 radical (unpaired) electrons. The van der Waals surface area contributed by atoms with E-state index < -0.39 is 0 Å². The van der Waals surface area contributed by atoms with Crippen LogP contribution in [-0.2, 0) is 4.74 Å². The molecule has 1 saturated heterocycles. The van der Waals surface area contributed by atoms with Gasteiger partial charge in [0.05, 0.1) is 18.2 Å².